The van der Waals surface area contributed by atoms with Crippen molar-refractivity contribution in [3.05, 3.63) is 84.1 Å². The summed E-state index contributed by atoms with van der Waals surface area (Å²) in [5, 5.41) is 9.14. The van der Waals surface area contributed by atoms with Gasteiger partial charge in [0.1, 0.15) is 11.3 Å². The van der Waals surface area contributed by atoms with Crippen LogP contribution in [0.5, 0.6) is 0 Å². The first-order valence-electron chi connectivity index (χ1n) is 8.24. The second-order valence-corrected chi connectivity index (χ2v) is 6.02. The molecule has 0 bridgehead atoms. The smallest absolute Gasteiger partial charge is 0.187 e. The molecule has 0 radical (unpaired) electrons. The number of azo groups is 1. The highest BCUT2D eigenvalue weighted by molar-refractivity contribution is 5.74. The highest BCUT2D eigenvalue weighted by Crippen LogP contribution is 2.33. The number of aryl methyl sites for hydroxylation is 2. The van der Waals surface area contributed by atoms with Crippen LogP contribution in [0.25, 0.3) is 16.9 Å². The third-order valence-electron chi connectivity index (χ3n) is 4.24. The second-order valence-electron chi connectivity index (χ2n) is 6.02. The van der Waals surface area contributed by atoms with E-state index in [1.807, 2.05) is 91.2 Å². The predicted octanol–water partition coefficient (Wildman–Crippen LogP) is 6.03. The normalized spacial score (nSPS) is 11.4. The quantitative estimate of drug-likeness (QED) is 0.424. The van der Waals surface area contributed by atoms with Gasteiger partial charge in [0.25, 0.3) is 0 Å². The number of hydrogen-bond acceptors (Lipinski definition) is 3. The van der Waals surface area contributed by atoms with Crippen LogP contribution in [0.1, 0.15) is 11.1 Å². The first-order chi connectivity index (χ1) is 12.2. The average molecular weight is 326 g/mol. The number of fused-ring (bicyclic) bond motifs is 1. The molecule has 0 aliphatic rings. The summed E-state index contributed by atoms with van der Waals surface area (Å²) < 4.78 is 1.97. The number of benzene rings is 2. The molecule has 0 unspecified atom stereocenters. The largest absolute Gasteiger partial charge is 0.283 e. The number of pyridine rings is 1. The third-order valence-corrected chi connectivity index (χ3v) is 4.24. The Labute approximate surface area is 146 Å². The van der Waals surface area contributed by atoms with Gasteiger partial charge < -0.3 is 0 Å². The van der Waals surface area contributed by atoms with Gasteiger partial charge in [0.05, 0.1) is 5.69 Å². The minimum Gasteiger partial charge on any atom is -0.283 e. The fourth-order valence-corrected chi connectivity index (χ4v) is 2.93. The second kappa shape index (κ2) is 6.32. The van der Waals surface area contributed by atoms with E-state index in [4.69, 9.17) is 4.98 Å². The summed E-state index contributed by atoms with van der Waals surface area (Å²) in [4.78, 5) is 4.75. The zero-order chi connectivity index (χ0) is 17.2. The van der Waals surface area contributed by atoms with E-state index >= 15 is 0 Å². The van der Waals surface area contributed by atoms with Gasteiger partial charge in [-0.2, -0.15) is 0 Å². The van der Waals surface area contributed by atoms with Crippen LogP contribution >= 0.6 is 0 Å². The van der Waals surface area contributed by atoms with Crippen LogP contribution in [0, 0.1) is 13.8 Å². The molecule has 25 heavy (non-hydrogen) atoms. The molecule has 4 rings (SSSR count). The van der Waals surface area contributed by atoms with Crippen molar-refractivity contribution in [3.8, 4) is 11.3 Å². The molecule has 4 heteroatoms. The summed E-state index contributed by atoms with van der Waals surface area (Å²) in [5.41, 5.74) is 5.85. The van der Waals surface area contributed by atoms with Crippen LogP contribution in [0.3, 0.4) is 0 Å². The zero-order valence-electron chi connectivity index (χ0n) is 14.2. The molecule has 0 aliphatic heterocycles. The van der Waals surface area contributed by atoms with Crippen molar-refractivity contribution in [1.29, 1.82) is 0 Å². The van der Waals surface area contributed by atoms with Gasteiger partial charge in [0, 0.05) is 11.8 Å². The average Bonchev–Trinajstić information content (AvgIpc) is 3.01. The van der Waals surface area contributed by atoms with Crippen molar-refractivity contribution in [2.24, 2.45) is 10.2 Å². The SMILES string of the molecule is Cc1cccc(C)c1N=Nc1c(-c2ccccc2)nc2ccccn12. The van der Waals surface area contributed by atoms with Crippen molar-refractivity contribution >= 4 is 17.2 Å². The third kappa shape index (κ3) is 2.83. The predicted molar refractivity (Wildman–Crippen MR) is 101 cm³/mol. The van der Waals surface area contributed by atoms with E-state index in [-0.39, 0.29) is 0 Å². The monoisotopic (exact) mass is 326 g/mol. The lowest BCUT2D eigenvalue weighted by Crippen LogP contribution is -1.82. The summed E-state index contributed by atoms with van der Waals surface area (Å²) in [6, 6.07) is 22.2. The number of rotatable bonds is 3. The molecule has 0 fully saturated rings. The molecule has 2 aromatic carbocycles. The Balaban J connectivity index is 1.90. The van der Waals surface area contributed by atoms with Crippen LogP contribution < -0.4 is 0 Å². The van der Waals surface area contributed by atoms with Crippen LogP contribution in [0.15, 0.2) is 83.2 Å². The molecule has 4 aromatic rings. The molecule has 0 saturated heterocycles. The maximum Gasteiger partial charge on any atom is 0.187 e. The Bertz CT molecular complexity index is 1040. The molecule has 0 spiro atoms. The summed E-state index contributed by atoms with van der Waals surface area (Å²) >= 11 is 0. The van der Waals surface area contributed by atoms with Crippen LogP contribution in [-0.2, 0) is 0 Å². The molecular weight excluding hydrogens is 308 g/mol. The number of hydrogen-bond donors (Lipinski definition) is 0. The van der Waals surface area contributed by atoms with Crippen LogP contribution in [-0.4, -0.2) is 9.38 Å². The summed E-state index contributed by atoms with van der Waals surface area (Å²) in [7, 11) is 0. The molecule has 0 N–H and O–H groups in total. The van der Waals surface area contributed by atoms with E-state index in [1.165, 1.54) is 0 Å². The van der Waals surface area contributed by atoms with Crippen molar-refractivity contribution < 1.29 is 0 Å². The molecule has 0 aliphatic carbocycles. The number of aromatic nitrogens is 2. The van der Waals surface area contributed by atoms with E-state index in [1.54, 1.807) is 0 Å². The Morgan fingerprint density at radius 2 is 1.48 bits per heavy atom. The standard InChI is InChI=1S/C21H18N4/c1-15-9-8-10-16(2)19(15)23-24-21-20(17-11-4-3-5-12-17)22-18-13-6-7-14-25(18)21/h3-14H,1-2H3. The van der Waals surface area contributed by atoms with E-state index in [0.29, 0.717) is 0 Å². The van der Waals surface area contributed by atoms with Crippen LogP contribution in [0.4, 0.5) is 11.5 Å². The lowest BCUT2D eigenvalue weighted by Gasteiger charge is -2.03. The molecule has 2 heterocycles. The lowest BCUT2D eigenvalue weighted by molar-refractivity contribution is 1.09. The molecule has 4 nitrogen and oxygen atoms in total. The Morgan fingerprint density at radius 3 is 2.24 bits per heavy atom. The molecule has 2 aromatic heterocycles. The first-order valence-corrected chi connectivity index (χ1v) is 8.24. The van der Waals surface area contributed by atoms with Gasteiger partial charge in [-0.3, -0.25) is 4.40 Å². The van der Waals surface area contributed by atoms with E-state index in [9.17, 15) is 0 Å². The van der Waals surface area contributed by atoms with Crippen molar-refractivity contribution in [1.82, 2.24) is 9.38 Å². The van der Waals surface area contributed by atoms with Gasteiger partial charge >= 0.3 is 0 Å². The summed E-state index contributed by atoms with van der Waals surface area (Å²) in [6.07, 6.45) is 1.97. The molecule has 0 atom stereocenters. The lowest BCUT2D eigenvalue weighted by atomic mass is 10.1. The fraction of sp³-hybridized carbons (Fsp3) is 0.0952. The summed E-state index contributed by atoms with van der Waals surface area (Å²) in [5.74, 6) is 0.740. The highest BCUT2D eigenvalue weighted by Gasteiger charge is 2.13. The summed E-state index contributed by atoms with van der Waals surface area (Å²) in [6.45, 7) is 4.10. The first kappa shape index (κ1) is 15.3. The zero-order valence-corrected chi connectivity index (χ0v) is 14.2. The van der Waals surface area contributed by atoms with Crippen LogP contribution in [0.2, 0.25) is 0 Å². The van der Waals surface area contributed by atoms with Gasteiger partial charge in [0.2, 0.25) is 0 Å². The Hall–Kier alpha value is -3.27. The maximum absolute atomic E-state index is 4.75. The van der Waals surface area contributed by atoms with E-state index in [2.05, 4.69) is 10.2 Å². The number of nitrogens with zero attached hydrogens (tertiary/aromatic N) is 4. The van der Waals surface area contributed by atoms with Crippen molar-refractivity contribution in [2.45, 2.75) is 13.8 Å². The van der Waals surface area contributed by atoms with Crippen molar-refractivity contribution in [3.63, 3.8) is 0 Å². The van der Waals surface area contributed by atoms with Gasteiger partial charge in [-0.15, -0.1) is 10.2 Å². The minimum atomic E-state index is 0.740. The Morgan fingerprint density at radius 1 is 0.760 bits per heavy atom. The van der Waals surface area contributed by atoms with Crippen molar-refractivity contribution in [2.75, 3.05) is 0 Å². The molecule has 0 amide bonds. The van der Waals surface area contributed by atoms with Gasteiger partial charge in [0.15, 0.2) is 5.82 Å². The van der Waals surface area contributed by atoms with E-state index in [0.717, 1.165) is 39.5 Å². The molecule has 122 valence electrons. The molecule has 0 saturated carbocycles. The van der Waals surface area contributed by atoms with Gasteiger partial charge in [-0.25, -0.2) is 4.98 Å². The van der Waals surface area contributed by atoms with Gasteiger partial charge in [-0.1, -0.05) is 54.6 Å². The molecular formula is C21H18N4. The highest BCUT2D eigenvalue weighted by atomic mass is 15.2. The Kier molecular flexibility index (Phi) is 3.86. The van der Waals surface area contributed by atoms with E-state index < -0.39 is 0 Å². The number of imidazole rings is 1. The fourth-order valence-electron chi connectivity index (χ4n) is 2.93. The topological polar surface area (TPSA) is 42.0 Å². The maximum atomic E-state index is 4.75. The van der Waals surface area contributed by atoms with Gasteiger partial charge in [-0.05, 0) is 37.1 Å². The minimum absolute atomic E-state index is 0.740.